The highest BCUT2D eigenvalue weighted by Gasteiger charge is 2.36. The van der Waals surface area contributed by atoms with Crippen LogP contribution in [-0.4, -0.2) is 16.5 Å². The first-order valence-electron chi connectivity index (χ1n) is 7.75. The summed E-state index contributed by atoms with van der Waals surface area (Å²) in [4.78, 5) is 35.6. The Morgan fingerprint density at radius 2 is 1.92 bits per heavy atom. The van der Waals surface area contributed by atoms with Crippen molar-refractivity contribution in [3.05, 3.63) is 80.4 Å². The first kappa shape index (κ1) is 17.0. The van der Waals surface area contributed by atoms with Gasteiger partial charge < -0.3 is 0 Å². The number of halogens is 1. The molecule has 5 nitrogen and oxygen atoms in total. The number of rotatable bonds is 4. The number of nitro groups is 1. The van der Waals surface area contributed by atoms with Crippen molar-refractivity contribution in [2.75, 3.05) is 0 Å². The lowest BCUT2D eigenvalue weighted by atomic mass is 9.94. The maximum atomic E-state index is 12.7. The molecule has 0 heterocycles. The summed E-state index contributed by atoms with van der Waals surface area (Å²) < 4.78 is 0. The van der Waals surface area contributed by atoms with Crippen molar-refractivity contribution in [2.45, 2.75) is 12.8 Å². The minimum atomic E-state index is -0.838. The van der Waals surface area contributed by atoms with Crippen molar-refractivity contribution in [1.29, 1.82) is 0 Å². The lowest BCUT2D eigenvalue weighted by molar-refractivity contribution is -0.384. The smallest absolute Gasteiger partial charge is 0.270 e. The quantitative estimate of drug-likeness (QED) is 0.266. The van der Waals surface area contributed by atoms with E-state index in [9.17, 15) is 19.7 Å². The van der Waals surface area contributed by atoms with Crippen LogP contribution in [0.2, 0.25) is 5.02 Å². The van der Waals surface area contributed by atoms with Crippen LogP contribution in [0.15, 0.2) is 54.1 Å². The van der Waals surface area contributed by atoms with Crippen LogP contribution in [0.1, 0.15) is 28.8 Å². The molecular formula is C19H14ClNO4. The topological polar surface area (TPSA) is 77.3 Å². The van der Waals surface area contributed by atoms with Crippen LogP contribution >= 0.6 is 11.6 Å². The average Bonchev–Trinajstić information content (AvgIpc) is 2.96. The normalized spacial score (nSPS) is 18.5. The van der Waals surface area contributed by atoms with E-state index < -0.39 is 16.6 Å². The molecule has 126 valence electrons. The van der Waals surface area contributed by atoms with E-state index in [1.54, 1.807) is 6.08 Å². The largest absolute Gasteiger partial charge is 0.294 e. The molecule has 2 aromatic rings. The van der Waals surface area contributed by atoms with Crippen LogP contribution in [-0.2, 0) is 4.79 Å². The Bertz CT molecular complexity index is 890. The molecule has 0 N–H and O–H groups in total. The van der Waals surface area contributed by atoms with Gasteiger partial charge in [0.2, 0.25) is 0 Å². The minimum absolute atomic E-state index is 0.0233. The van der Waals surface area contributed by atoms with E-state index in [-0.39, 0.29) is 22.1 Å². The van der Waals surface area contributed by atoms with Crippen LogP contribution in [0, 0.1) is 16.0 Å². The maximum absolute atomic E-state index is 12.7. The van der Waals surface area contributed by atoms with E-state index in [1.165, 1.54) is 12.1 Å². The number of ketones is 2. The minimum Gasteiger partial charge on any atom is -0.294 e. The van der Waals surface area contributed by atoms with Gasteiger partial charge in [0.25, 0.3) is 5.69 Å². The van der Waals surface area contributed by atoms with E-state index in [1.807, 2.05) is 30.3 Å². The predicted molar refractivity (Wildman–Crippen MR) is 94.6 cm³/mol. The first-order valence-corrected chi connectivity index (χ1v) is 8.13. The van der Waals surface area contributed by atoms with Gasteiger partial charge in [-0.2, -0.15) is 0 Å². The molecule has 25 heavy (non-hydrogen) atoms. The van der Waals surface area contributed by atoms with Gasteiger partial charge in [-0.05, 0) is 36.1 Å². The second-order valence-electron chi connectivity index (χ2n) is 5.82. The molecule has 1 aliphatic carbocycles. The first-order chi connectivity index (χ1) is 12.0. The van der Waals surface area contributed by atoms with Gasteiger partial charge >= 0.3 is 0 Å². The zero-order chi connectivity index (χ0) is 18.0. The molecule has 0 spiro atoms. The highest BCUT2D eigenvalue weighted by atomic mass is 35.5. The third-order valence-electron chi connectivity index (χ3n) is 4.22. The molecule has 0 amide bonds. The number of non-ortho nitro benzene ring substituents is 1. The molecule has 0 aliphatic heterocycles. The van der Waals surface area contributed by atoms with Crippen LogP contribution < -0.4 is 0 Å². The molecule has 2 aromatic carbocycles. The molecule has 0 saturated heterocycles. The Kier molecular flexibility index (Phi) is 4.76. The standard InChI is InChI=1S/C19H14ClNO4/c20-17-9-7-14(21(24)25)11-16(17)19(23)15-8-6-13(18(15)22)10-12-4-2-1-3-5-12/h1-5,7,9-11,15H,6,8H2/b13-10+. The molecule has 6 heteroatoms. The van der Waals surface area contributed by atoms with Crippen molar-refractivity contribution in [3.63, 3.8) is 0 Å². The second kappa shape index (κ2) is 6.99. The summed E-state index contributed by atoms with van der Waals surface area (Å²) in [5.41, 5.74) is 1.28. The van der Waals surface area contributed by atoms with Crippen LogP contribution in [0.5, 0.6) is 0 Å². The van der Waals surface area contributed by atoms with Crippen molar-refractivity contribution in [2.24, 2.45) is 5.92 Å². The third kappa shape index (κ3) is 3.51. The molecular weight excluding hydrogens is 342 g/mol. The summed E-state index contributed by atoms with van der Waals surface area (Å²) in [7, 11) is 0. The Labute approximate surface area is 149 Å². The van der Waals surface area contributed by atoms with Gasteiger partial charge in [-0.3, -0.25) is 19.7 Å². The molecule has 1 fully saturated rings. The second-order valence-corrected chi connectivity index (χ2v) is 6.23. The van der Waals surface area contributed by atoms with Crippen LogP contribution in [0.25, 0.3) is 6.08 Å². The number of carbonyl (C=O) groups excluding carboxylic acids is 2. The van der Waals surface area contributed by atoms with E-state index in [2.05, 4.69) is 0 Å². The fourth-order valence-corrected chi connectivity index (χ4v) is 3.14. The van der Waals surface area contributed by atoms with Gasteiger partial charge in [-0.1, -0.05) is 41.9 Å². The molecule has 1 aliphatic rings. The van der Waals surface area contributed by atoms with Gasteiger partial charge in [0.15, 0.2) is 11.6 Å². The lowest BCUT2D eigenvalue weighted by Crippen LogP contribution is -2.20. The number of nitro benzene ring substituents is 1. The molecule has 0 radical (unpaired) electrons. The number of hydrogen-bond acceptors (Lipinski definition) is 4. The summed E-state index contributed by atoms with van der Waals surface area (Å²) in [5, 5.41) is 11.0. The van der Waals surface area contributed by atoms with Gasteiger partial charge in [0.05, 0.1) is 15.9 Å². The fraction of sp³-hybridized carbons (Fsp3) is 0.158. The van der Waals surface area contributed by atoms with E-state index in [0.717, 1.165) is 11.6 Å². The zero-order valence-corrected chi connectivity index (χ0v) is 13.9. The summed E-state index contributed by atoms with van der Waals surface area (Å²) in [5.74, 6) is -1.54. The van der Waals surface area contributed by atoms with Crippen LogP contribution in [0.4, 0.5) is 5.69 Å². The summed E-state index contributed by atoms with van der Waals surface area (Å²) >= 11 is 6.02. The number of benzene rings is 2. The molecule has 1 saturated carbocycles. The van der Waals surface area contributed by atoms with Crippen molar-refractivity contribution < 1.29 is 14.5 Å². The highest BCUT2D eigenvalue weighted by Crippen LogP contribution is 2.33. The Balaban J connectivity index is 1.87. The van der Waals surface area contributed by atoms with Gasteiger partial charge in [0.1, 0.15) is 0 Å². The monoisotopic (exact) mass is 355 g/mol. The number of carbonyl (C=O) groups is 2. The Hall–Kier alpha value is -2.79. The van der Waals surface area contributed by atoms with Gasteiger partial charge in [-0.25, -0.2) is 0 Å². The van der Waals surface area contributed by atoms with E-state index in [0.29, 0.717) is 18.4 Å². The average molecular weight is 356 g/mol. The maximum Gasteiger partial charge on any atom is 0.270 e. The SMILES string of the molecule is O=C1/C(=C/c2ccccc2)CCC1C(=O)c1cc([N+](=O)[O-])ccc1Cl. The zero-order valence-electron chi connectivity index (χ0n) is 13.1. The Morgan fingerprint density at radius 1 is 1.20 bits per heavy atom. The van der Waals surface area contributed by atoms with E-state index >= 15 is 0 Å². The summed E-state index contributed by atoms with van der Waals surface area (Å²) in [6, 6.07) is 13.1. The van der Waals surface area contributed by atoms with Crippen molar-refractivity contribution in [3.8, 4) is 0 Å². The number of allylic oxidation sites excluding steroid dienone is 1. The van der Waals surface area contributed by atoms with Crippen molar-refractivity contribution in [1.82, 2.24) is 0 Å². The number of nitrogens with zero attached hydrogens (tertiary/aromatic N) is 1. The fourth-order valence-electron chi connectivity index (χ4n) is 2.93. The molecule has 0 aromatic heterocycles. The van der Waals surface area contributed by atoms with Gasteiger partial charge in [-0.15, -0.1) is 0 Å². The van der Waals surface area contributed by atoms with Crippen LogP contribution in [0.3, 0.4) is 0 Å². The number of hydrogen-bond donors (Lipinski definition) is 0. The van der Waals surface area contributed by atoms with Crippen molar-refractivity contribution >= 4 is 34.9 Å². The Morgan fingerprint density at radius 3 is 2.60 bits per heavy atom. The highest BCUT2D eigenvalue weighted by molar-refractivity contribution is 6.35. The summed E-state index contributed by atoms with van der Waals surface area (Å²) in [6.07, 6.45) is 2.66. The number of Topliss-reactive ketones (excluding diaryl/α,β-unsaturated/α-hetero) is 2. The molecule has 0 bridgehead atoms. The predicted octanol–water partition coefficient (Wildman–Crippen LogP) is 4.49. The summed E-state index contributed by atoms with van der Waals surface area (Å²) in [6.45, 7) is 0. The third-order valence-corrected chi connectivity index (χ3v) is 4.55. The lowest BCUT2D eigenvalue weighted by Gasteiger charge is -2.08. The molecule has 1 unspecified atom stereocenters. The molecule has 1 atom stereocenters. The van der Waals surface area contributed by atoms with Gasteiger partial charge in [0, 0.05) is 17.7 Å². The van der Waals surface area contributed by atoms with E-state index in [4.69, 9.17) is 11.6 Å². The molecule has 3 rings (SSSR count).